The maximum atomic E-state index is 13.6. The van der Waals surface area contributed by atoms with Crippen LogP contribution in [0.25, 0.3) is 11.0 Å². The number of nitrogens with zero attached hydrogens (tertiary/aromatic N) is 3. The minimum absolute atomic E-state index is 0. The monoisotopic (exact) mass is 394 g/mol. The number of aryl methyl sites for hydroxylation is 1. The van der Waals surface area contributed by atoms with Crippen LogP contribution in [0.1, 0.15) is 17.4 Å². The minimum Gasteiger partial charge on any atom is -0.330 e. The molecule has 3 aromatic rings. The van der Waals surface area contributed by atoms with E-state index in [4.69, 9.17) is 16.6 Å². The number of hydrogen-bond acceptors (Lipinski definition) is 3. The van der Waals surface area contributed by atoms with Crippen LogP contribution in [-0.2, 0) is 13.6 Å². The van der Waals surface area contributed by atoms with Gasteiger partial charge in [0.1, 0.15) is 11.6 Å². The summed E-state index contributed by atoms with van der Waals surface area (Å²) in [6.45, 7) is 3.33. The van der Waals surface area contributed by atoms with Gasteiger partial charge in [0, 0.05) is 37.7 Å². The first-order chi connectivity index (χ1) is 12.1. The zero-order valence-electron chi connectivity index (χ0n) is 14.5. The maximum Gasteiger partial charge on any atom is 0.123 e. The highest BCUT2D eigenvalue weighted by Gasteiger charge is 2.25. The molecule has 1 aromatic heterocycles. The van der Waals surface area contributed by atoms with Crippen LogP contribution in [-0.4, -0.2) is 34.1 Å². The van der Waals surface area contributed by atoms with E-state index in [-0.39, 0.29) is 24.3 Å². The Kier molecular flexibility index (Phi) is 5.82. The molecule has 1 aliphatic heterocycles. The molecule has 0 radical (unpaired) electrons. The van der Waals surface area contributed by atoms with Gasteiger partial charge in [0.15, 0.2) is 0 Å². The lowest BCUT2D eigenvalue weighted by Crippen LogP contribution is -2.45. The second-order valence-corrected chi connectivity index (χ2v) is 6.90. The third kappa shape index (κ3) is 3.71. The Hall–Kier alpha value is -1.66. The van der Waals surface area contributed by atoms with E-state index < -0.39 is 0 Å². The molecule has 1 atom stereocenters. The van der Waals surface area contributed by atoms with Crippen molar-refractivity contribution >= 4 is 35.0 Å². The van der Waals surface area contributed by atoms with Crippen LogP contribution in [0.15, 0.2) is 42.5 Å². The number of imidazole rings is 1. The fourth-order valence-corrected chi connectivity index (χ4v) is 3.69. The van der Waals surface area contributed by atoms with Crippen molar-refractivity contribution in [2.75, 3.05) is 19.6 Å². The van der Waals surface area contributed by atoms with E-state index in [9.17, 15) is 4.39 Å². The quantitative estimate of drug-likeness (QED) is 0.730. The molecule has 0 saturated carbocycles. The lowest BCUT2D eigenvalue weighted by Gasteiger charge is -2.36. The summed E-state index contributed by atoms with van der Waals surface area (Å²) in [5.74, 6) is 0.793. The molecule has 4 rings (SSSR count). The Morgan fingerprint density at radius 2 is 2.12 bits per heavy atom. The number of fused-ring (bicyclic) bond motifs is 1. The van der Waals surface area contributed by atoms with E-state index in [0.717, 1.165) is 42.1 Å². The molecule has 1 aliphatic rings. The SMILES string of the molecule is Cl.Cn1c(CN2CCNCC2c2cccc(F)c2)nc2cc(Cl)ccc21. The van der Waals surface area contributed by atoms with Crippen LogP contribution >= 0.6 is 24.0 Å². The highest BCUT2D eigenvalue weighted by atomic mass is 35.5. The van der Waals surface area contributed by atoms with Gasteiger partial charge in [0.2, 0.25) is 0 Å². The summed E-state index contributed by atoms with van der Waals surface area (Å²) in [6, 6.07) is 12.8. The molecule has 138 valence electrons. The molecule has 4 nitrogen and oxygen atoms in total. The first-order valence-corrected chi connectivity index (χ1v) is 8.81. The summed E-state index contributed by atoms with van der Waals surface area (Å²) >= 11 is 6.09. The summed E-state index contributed by atoms with van der Waals surface area (Å²) < 4.78 is 15.8. The second-order valence-electron chi connectivity index (χ2n) is 6.47. The van der Waals surface area contributed by atoms with Crippen LogP contribution < -0.4 is 5.32 Å². The van der Waals surface area contributed by atoms with Gasteiger partial charge < -0.3 is 9.88 Å². The molecule has 1 N–H and O–H groups in total. The van der Waals surface area contributed by atoms with Crippen molar-refractivity contribution in [2.24, 2.45) is 7.05 Å². The van der Waals surface area contributed by atoms with E-state index in [0.29, 0.717) is 11.6 Å². The van der Waals surface area contributed by atoms with Gasteiger partial charge in [-0.05, 0) is 35.9 Å². The Morgan fingerprint density at radius 3 is 2.92 bits per heavy atom. The van der Waals surface area contributed by atoms with Crippen LogP contribution in [0.3, 0.4) is 0 Å². The second kappa shape index (κ2) is 7.92. The van der Waals surface area contributed by atoms with Crippen LogP contribution in [0.4, 0.5) is 4.39 Å². The van der Waals surface area contributed by atoms with Crippen molar-refractivity contribution < 1.29 is 4.39 Å². The Balaban J connectivity index is 0.00000196. The maximum absolute atomic E-state index is 13.6. The number of halogens is 3. The van der Waals surface area contributed by atoms with Gasteiger partial charge in [0.05, 0.1) is 17.6 Å². The van der Waals surface area contributed by atoms with Crippen molar-refractivity contribution in [3.8, 4) is 0 Å². The molecule has 0 bridgehead atoms. The predicted octanol–water partition coefficient (Wildman–Crippen LogP) is 3.93. The number of rotatable bonds is 3. The summed E-state index contributed by atoms with van der Waals surface area (Å²) in [5.41, 5.74) is 2.97. The van der Waals surface area contributed by atoms with Crippen molar-refractivity contribution in [2.45, 2.75) is 12.6 Å². The Bertz CT molecular complexity index is 912. The Morgan fingerprint density at radius 1 is 1.27 bits per heavy atom. The van der Waals surface area contributed by atoms with Crippen LogP contribution in [0.2, 0.25) is 5.02 Å². The third-order valence-corrected chi connectivity index (χ3v) is 5.10. The van der Waals surface area contributed by atoms with E-state index in [1.165, 1.54) is 6.07 Å². The van der Waals surface area contributed by atoms with Gasteiger partial charge >= 0.3 is 0 Å². The highest BCUT2D eigenvalue weighted by Crippen LogP contribution is 2.26. The van der Waals surface area contributed by atoms with Crippen molar-refractivity contribution in [1.82, 2.24) is 19.8 Å². The predicted molar refractivity (Wildman–Crippen MR) is 105 cm³/mol. The number of nitrogens with one attached hydrogen (secondary N) is 1. The van der Waals surface area contributed by atoms with E-state index in [1.54, 1.807) is 12.1 Å². The summed E-state index contributed by atoms with van der Waals surface area (Å²) in [4.78, 5) is 7.11. The average molecular weight is 395 g/mol. The molecule has 1 fully saturated rings. The smallest absolute Gasteiger partial charge is 0.123 e. The first-order valence-electron chi connectivity index (χ1n) is 8.43. The largest absolute Gasteiger partial charge is 0.330 e. The van der Waals surface area contributed by atoms with Gasteiger partial charge in [-0.2, -0.15) is 0 Å². The minimum atomic E-state index is -0.194. The van der Waals surface area contributed by atoms with Gasteiger partial charge in [-0.25, -0.2) is 9.37 Å². The topological polar surface area (TPSA) is 33.1 Å². The third-order valence-electron chi connectivity index (χ3n) is 4.87. The molecule has 2 aromatic carbocycles. The van der Waals surface area contributed by atoms with Gasteiger partial charge in [-0.3, -0.25) is 4.90 Å². The van der Waals surface area contributed by atoms with Crippen LogP contribution in [0.5, 0.6) is 0 Å². The molecular formula is C19H21Cl2FN4. The number of benzene rings is 2. The van der Waals surface area contributed by atoms with E-state index >= 15 is 0 Å². The number of aromatic nitrogens is 2. The summed E-state index contributed by atoms with van der Waals surface area (Å²) in [6.07, 6.45) is 0. The fourth-order valence-electron chi connectivity index (χ4n) is 3.52. The molecule has 7 heteroatoms. The van der Waals surface area contributed by atoms with Crippen molar-refractivity contribution in [3.63, 3.8) is 0 Å². The zero-order valence-corrected chi connectivity index (χ0v) is 16.0. The zero-order chi connectivity index (χ0) is 17.4. The molecule has 0 spiro atoms. The highest BCUT2D eigenvalue weighted by molar-refractivity contribution is 6.31. The molecule has 0 amide bonds. The standard InChI is InChI=1S/C19H20ClFN4.ClH/c1-24-17-6-5-14(20)10-16(17)23-19(24)12-25-8-7-22-11-18(25)13-3-2-4-15(21)9-13;/h2-6,9-10,18,22H,7-8,11-12H2,1H3;1H. The molecule has 1 saturated heterocycles. The average Bonchev–Trinajstić information content (AvgIpc) is 2.90. The molecular weight excluding hydrogens is 374 g/mol. The fraction of sp³-hybridized carbons (Fsp3) is 0.316. The normalized spacial score (nSPS) is 18.0. The number of hydrogen-bond donors (Lipinski definition) is 1. The molecule has 0 aliphatic carbocycles. The van der Waals surface area contributed by atoms with Crippen LogP contribution in [0, 0.1) is 5.82 Å². The summed E-state index contributed by atoms with van der Waals surface area (Å²) in [5, 5.41) is 4.10. The van der Waals surface area contributed by atoms with Gasteiger partial charge in [0.25, 0.3) is 0 Å². The van der Waals surface area contributed by atoms with Crippen molar-refractivity contribution in [3.05, 3.63) is 64.7 Å². The first kappa shape index (κ1) is 19.1. The van der Waals surface area contributed by atoms with E-state index in [2.05, 4.69) is 14.8 Å². The van der Waals surface area contributed by atoms with E-state index in [1.807, 2.05) is 31.3 Å². The molecule has 26 heavy (non-hydrogen) atoms. The van der Waals surface area contributed by atoms with Gasteiger partial charge in [-0.15, -0.1) is 12.4 Å². The summed E-state index contributed by atoms with van der Waals surface area (Å²) in [7, 11) is 2.03. The van der Waals surface area contributed by atoms with Gasteiger partial charge in [-0.1, -0.05) is 23.7 Å². The lowest BCUT2D eigenvalue weighted by molar-refractivity contribution is 0.148. The number of piperazine rings is 1. The Labute approximate surface area is 163 Å². The molecule has 2 heterocycles. The lowest BCUT2D eigenvalue weighted by atomic mass is 10.0. The molecule has 1 unspecified atom stereocenters. The van der Waals surface area contributed by atoms with Crippen molar-refractivity contribution in [1.29, 1.82) is 0 Å².